The Balaban J connectivity index is 2.24. The van der Waals surface area contributed by atoms with Gasteiger partial charge in [-0.25, -0.2) is 4.39 Å². The second-order valence-electron chi connectivity index (χ2n) is 3.16. The molecule has 0 unspecified atom stereocenters. The van der Waals surface area contributed by atoms with E-state index in [-0.39, 0.29) is 27.5 Å². The highest BCUT2D eigenvalue weighted by Gasteiger charge is 2.15. The maximum Gasteiger partial charge on any atom is 0.314 e. The maximum atomic E-state index is 13.2. The average Bonchev–Trinajstić information content (AvgIpc) is 2.78. The fourth-order valence-corrected chi connectivity index (χ4v) is 1.86. The van der Waals surface area contributed by atoms with Crippen molar-refractivity contribution < 1.29 is 18.7 Å². The zero-order chi connectivity index (χ0) is 13.1. The first kappa shape index (κ1) is 12.8. The van der Waals surface area contributed by atoms with E-state index in [4.69, 9.17) is 21.1 Å². The number of nitrogens with zero attached hydrogens (tertiary/aromatic N) is 2. The van der Waals surface area contributed by atoms with Crippen molar-refractivity contribution in [1.82, 2.24) is 10.2 Å². The number of thioether (sulfide) groups is 1. The second kappa shape index (κ2) is 5.36. The average molecular weight is 289 g/mol. The summed E-state index contributed by atoms with van der Waals surface area (Å²) in [5.41, 5.74) is 0.270. The molecule has 0 aliphatic rings. The Kier molecular flexibility index (Phi) is 3.83. The Morgan fingerprint density at radius 2 is 2.28 bits per heavy atom. The minimum atomic E-state index is -0.997. The standard InChI is InChI=1S/C10H6ClFN2O3S/c11-8-5(2-1-3-6(8)12)9-13-14-10(17-9)18-4-7(15)16/h1-3H,4H2,(H,15,16). The maximum absolute atomic E-state index is 13.2. The van der Waals surface area contributed by atoms with Crippen LogP contribution in [0.15, 0.2) is 27.8 Å². The van der Waals surface area contributed by atoms with Crippen LogP contribution in [0, 0.1) is 5.82 Å². The first-order valence-corrected chi connectivity index (χ1v) is 6.07. The highest BCUT2D eigenvalue weighted by Crippen LogP contribution is 2.30. The number of halogens is 2. The lowest BCUT2D eigenvalue weighted by molar-refractivity contribution is -0.133. The van der Waals surface area contributed by atoms with Crippen molar-refractivity contribution in [2.45, 2.75) is 5.22 Å². The quantitative estimate of drug-likeness (QED) is 0.872. The van der Waals surface area contributed by atoms with Crippen molar-refractivity contribution in [3.8, 4) is 11.5 Å². The van der Waals surface area contributed by atoms with E-state index in [0.717, 1.165) is 11.8 Å². The molecule has 0 saturated heterocycles. The number of hydrogen-bond donors (Lipinski definition) is 1. The Labute approximate surface area is 110 Å². The molecule has 0 fully saturated rings. The molecule has 94 valence electrons. The van der Waals surface area contributed by atoms with Gasteiger partial charge in [0.15, 0.2) is 0 Å². The lowest BCUT2D eigenvalue weighted by Crippen LogP contribution is -1.97. The van der Waals surface area contributed by atoms with Crippen LogP contribution in [0.5, 0.6) is 0 Å². The van der Waals surface area contributed by atoms with Gasteiger partial charge >= 0.3 is 5.97 Å². The van der Waals surface area contributed by atoms with Gasteiger partial charge in [0.1, 0.15) is 11.6 Å². The van der Waals surface area contributed by atoms with Crippen molar-refractivity contribution >= 4 is 29.3 Å². The molecule has 0 radical (unpaired) electrons. The highest BCUT2D eigenvalue weighted by molar-refractivity contribution is 7.99. The Morgan fingerprint density at radius 3 is 3.00 bits per heavy atom. The number of hydrogen-bond acceptors (Lipinski definition) is 5. The van der Waals surface area contributed by atoms with Crippen molar-refractivity contribution in [1.29, 1.82) is 0 Å². The van der Waals surface area contributed by atoms with Gasteiger partial charge in [0.25, 0.3) is 5.22 Å². The molecular formula is C10H6ClFN2O3S. The summed E-state index contributed by atoms with van der Waals surface area (Å²) in [7, 11) is 0. The number of aliphatic carboxylic acids is 1. The number of rotatable bonds is 4. The van der Waals surface area contributed by atoms with Gasteiger partial charge in [-0.1, -0.05) is 29.4 Å². The SMILES string of the molecule is O=C(O)CSc1nnc(-c2cccc(F)c2Cl)o1. The largest absolute Gasteiger partial charge is 0.481 e. The predicted molar refractivity (Wildman–Crippen MR) is 63.1 cm³/mol. The molecule has 8 heteroatoms. The van der Waals surface area contributed by atoms with Crippen molar-refractivity contribution in [2.75, 3.05) is 5.75 Å². The normalized spacial score (nSPS) is 10.6. The van der Waals surface area contributed by atoms with Crippen LogP contribution in [0.4, 0.5) is 4.39 Å². The third-order valence-corrected chi connectivity index (χ3v) is 3.09. The van der Waals surface area contributed by atoms with Crippen molar-refractivity contribution in [2.24, 2.45) is 0 Å². The molecule has 0 bridgehead atoms. The number of benzene rings is 1. The Bertz CT molecular complexity index is 590. The molecule has 1 aromatic carbocycles. The van der Waals surface area contributed by atoms with Gasteiger partial charge in [0.2, 0.25) is 5.89 Å². The summed E-state index contributed by atoms with van der Waals surface area (Å²) in [4.78, 5) is 10.4. The van der Waals surface area contributed by atoms with E-state index in [1.807, 2.05) is 0 Å². The molecule has 2 rings (SSSR count). The minimum Gasteiger partial charge on any atom is -0.481 e. The third kappa shape index (κ3) is 2.80. The summed E-state index contributed by atoms with van der Waals surface area (Å²) in [6.45, 7) is 0. The number of aromatic nitrogens is 2. The number of carbonyl (C=O) groups is 1. The van der Waals surface area contributed by atoms with Crippen LogP contribution >= 0.6 is 23.4 Å². The third-order valence-electron chi connectivity index (χ3n) is 1.91. The Hall–Kier alpha value is -1.60. The van der Waals surface area contributed by atoms with E-state index in [1.165, 1.54) is 18.2 Å². The molecule has 1 heterocycles. The first-order valence-electron chi connectivity index (χ1n) is 4.70. The fraction of sp³-hybridized carbons (Fsp3) is 0.100. The molecule has 1 aromatic heterocycles. The van der Waals surface area contributed by atoms with Crippen LogP contribution < -0.4 is 0 Å². The molecular weight excluding hydrogens is 283 g/mol. The molecule has 0 aliphatic heterocycles. The van der Waals surface area contributed by atoms with Crippen molar-refractivity contribution in [3.05, 3.63) is 29.0 Å². The van der Waals surface area contributed by atoms with Gasteiger partial charge in [0, 0.05) is 0 Å². The lowest BCUT2D eigenvalue weighted by atomic mass is 10.2. The lowest BCUT2D eigenvalue weighted by Gasteiger charge is -1.98. The molecule has 0 aliphatic carbocycles. The molecule has 1 N–H and O–H groups in total. The van der Waals surface area contributed by atoms with Gasteiger partial charge in [-0.15, -0.1) is 10.2 Å². The van der Waals surface area contributed by atoms with Crippen LogP contribution in [0.1, 0.15) is 0 Å². The van der Waals surface area contributed by atoms with E-state index in [1.54, 1.807) is 0 Å². The summed E-state index contributed by atoms with van der Waals surface area (Å²) in [5, 5.41) is 15.8. The van der Waals surface area contributed by atoms with Gasteiger partial charge in [-0.05, 0) is 12.1 Å². The molecule has 2 aromatic rings. The summed E-state index contributed by atoms with van der Waals surface area (Å²) in [6.07, 6.45) is 0. The van der Waals surface area contributed by atoms with E-state index in [0.29, 0.717) is 0 Å². The molecule has 18 heavy (non-hydrogen) atoms. The fourth-order valence-electron chi connectivity index (χ4n) is 1.17. The monoisotopic (exact) mass is 288 g/mol. The van der Waals surface area contributed by atoms with E-state index in [9.17, 15) is 9.18 Å². The van der Waals surface area contributed by atoms with Gasteiger partial charge in [-0.3, -0.25) is 4.79 Å². The first-order chi connectivity index (χ1) is 8.58. The highest BCUT2D eigenvalue weighted by atomic mass is 35.5. The van der Waals surface area contributed by atoms with E-state index >= 15 is 0 Å². The van der Waals surface area contributed by atoms with E-state index < -0.39 is 11.8 Å². The number of carboxylic acids is 1. The van der Waals surface area contributed by atoms with Gasteiger partial charge in [0.05, 0.1) is 10.6 Å². The smallest absolute Gasteiger partial charge is 0.314 e. The van der Waals surface area contributed by atoms with Gasteiger partial charge in [-0.2, -0.15) is 0 Å². The number of carboxylic acid groups (broad SMARTS) is 1. The summed E-state index contributed by atoms with van der Waals surface area (Å²) in [5.74, 6) is -1.73. The molecule has 0 saturated carbocycles. The molecule has 0 amide bonds. The zero-order valence-electron chi connectivity index (χ0n) is 8.76. The van der Waals surface area contributed by atoms with E-state index in [2.05, 4.69) is 10.2 Å². The van der Waals surface area contributed by atoms with Crippen molar-refractivity contribution in [3.63, 3.8) is 0 Å². The topological polar surface area (TPSA) is 76.2 Å². The summed E-state index contributed by atoms with van der Waals surface area (Å²) in [6, 6.07) is 4.21. The molecule has 5 nitrogen and oxygen atoms in total. The zero-order valence-corrected chi connectivity index (χ0v) is 10.3. The Morgan fingerprint density at radius 1 is 1.50 bits per heavy atom. The molecule has 0 spiro atoms. The van der Waals surface area contributed by atoms with Crippen LogP contribution in [-0.2, 0) is 4.79 Å². The summed E-state index contributed by atoms with van der Waals surface area (Å²) >= 11 is 6.64. The predicted octanol–water partition coefficient (Wildman–Crippen LogP) is 2.71. The summed E-state index contributed by atoms with van der Waals surface area (Å²) < 4.78 is 18.4. The van der Waals surface area contributed by atoms with Crippen LogP contribution in [0.25, 0.3) is 11.5 Å². The van der Waals surface area contributed by atoms with Crippen LogP contribution in [0.2, 0.25) is 5.02 Å². The second-order valence-corrected chi connectivity index (χ2v) is 4.46. The van der Waals surface area contributed by atoms with Crippen LogP contribution in [-0.4, -0.2) is 27.0 Å². The minimum absolute atomic E-state index is 0.0485. The molecule has 0 atom stereocenters. The van der Waals surface area contributed by atoms with Gasteiger partial charge < -0.3 is 9.52 Å². The van der Waals surface area contributed by atoms with Crippen LogP contribution in [0.3, 0.4) is 0 Å².